The smallest absolute Gasteiger partial charge is 0.255 e. The Hall–Kier alpha value is -3.00. The molecule has 0 unspecified atom stereocenters. The monoisotopic (exact) mass is 392 g/mol. The van der Waals surface area contributed by atoms with E-state index in [9.17, 15) is 4.79 Å². The van der Waals surface area contributed by atoms with Crippen molar-refractivity contribution in [3.8, 4) is 0 Å². The number of nitrogens with zero attached hydrogens (tertiary/aromatic N) is 6. The average Bonchev–Trinajstić information content (AvgIpc) is 2.86. The predicted molar refractivity (Wildman–Crippen MR) is 109 cm³/mol. The van der Waals surface area contributed by atoms with Crippen molar-refractivity contribution < 1.29 is 9.53 Å². The number of ether oxygens (including phenoxy) is 1. The third kappa shape index (κ3) is 3.33. The maximum Gasteiger partial charge on any atom is 0.255 e. The molecule has 1 amide bonds. The van der Waals surface area contributed by atoms with Gasteiger partial charge < -0.3 is 14.5 Å². The van der Waals surface area contributed by atoms with Gasteiger partial charge in [-0.3, -0.25) is 9.78 Å². The van der Waals surface area contributed by atoms with Gasteiger partial charge in [0, 0.05) is 44.2 Å². The van der Waals surface area contributed by atoms with Crippen molar-refractivity contribution in [3.05, 3.63) is 47.9 Å². The quantitative estimate of drug-likeness (QED) is 0.660. The first-order valence-corrected chi connectivity index (χ1v) is 9.94. The average molecular weight is 392 g/mol. The lowest BCUT2D eigenvalue weighted by Crippen LogP contribution is -2.47. The Morgan fingerprint density at radius 2 is 2.03 bits per heavy atom. The molecule has 29 heavy (non-hydrogen) atoms. The van der Waals surface area contributed by atoms with Crippen LogP contribution in [0.15, 0.2) is 36.5 Å². The van der Waals surface area contributed by atoms with Gasteiger partial charge in [-0.15, -0.1) is 0 Å². The summed E-state index contributed by atoms with van der Waals surface area (Å²) in [6.45, 7) is 5.20. The van der Waals surface area contributed by atoms with Crippen LogP contribution in [0.5, 0.6) is 0 Å². The maximum atomic E-state index is 13.4. The highest BCUT2D eigenvalue weighted by Gasteiger charge is 2.37. The lowest BCUT2D eigenvalue weighted by molar-refractivity contribution is 0.0611. The van der Waals surface area contributed by atoms with Crippen molar-refractivity contribution in [2.45, 2.75) is 13.0 Å². The van der Waals surface area contributed by atoms with Crippen LogP contribution in [-0.4, -0.2) is 69.4 Å². The Morgan fingerprint density at radius 3 is 2.86 bits per heavy atom. The van der Waals surface area contributed by atoms with Gasteiger partial charge in [0.15, 0.2) is 0 Å². The second kappa shape index (κ2) is 7.11. The number of aryl methyl sites for hydroxylation is 2. The number of rotatable bonds is 2. The summed E-state index contributed by atoms with van der Waals surface area (Å²) < 4.78 is 7.70. The van der Waals surface area contributed by atoms with Gasteiger partial charge >= 0.3 is 0 Å². The molecule has 0 N–H and O–H groups in total. The molecule has 0 spiro atoms. The standard InChI is InChI=1S/C21H24N6O2/c1-14-23-21(25(2)24-14)26-9-15-10-27(18(11-26)13-29-12-15)20(28)17-7-16-5-3-4-6-19(16)22-8-17/h3-8,15,18H,9-13H2,1-2H3/t15-,18-/m0/s1. The molecule has 0 aliphatic carbocycles. The van der Waals surface area contributed by atoms with E-state index in [0.717, 1.165) is 29.2 Å². The summed E-state index contributed by atoms with van der Waals surface area (Å²) in [6, 6.07) is 9.75. The van der Waals surface area contributed by atoms with Gasteiger partial charge in [0.2, 0.25) is 5.95 Å². The molecule has 150 valence electrons. The summed E-state index contributed by atoms with van der Waals surface area (Å²) in [5, 5.41) is 5.36. The van der Waals surface area contributed by atoms with E-state index in [4.69, 9.17) is 4.74 Å². The van der Waals surface area contributed by atoms with Crippen LogP contribution in [0.4, 0.5) is 5.95 Å². The number of carbonyl (C=O) groups excluding carboxylic acids is 1. The molecule has 2 aromatic heterocycles. The highest BCUT2D eigenvalue weighted by Crippen LogP contribution is 2.25. The molecule has 2 saturated heterocycles. The van der Waals surface area contributed by atoms with Gasteiger partial charge in [-0.2, -0.15) is 10.1 Å². The van der Waals surface area contributed by atoms with Gasteiger partial charge in [-0.25, -0.2) is 4.68 Å². The predicted octanol–water partition coefficient (Wildman–Crippen LogP) is 1.65. The number of para-hydroxylation sites is 1. The molecular formula is C21H24N6O2. The molecule has 2 bridgehead atoms. The van der Waals surface area contributed by atoms with Crippen LogP contribution in [0, 0.1) is 12.8 Å². The Bertz CT molecular complexity index is 1060. The number of amides is 1. The summed E-state index contributed by atoms with van der Waals surface area (Å²) in [6.07, 6.45) is 1.68. The van der Waals surface area contributed by atoms with Gasteiger partial charge in [0.05, 0.1) is 30.3 Å². The van der Waals surface area contributed by atoms with E-state index in [2.05, 4.69) is 20.0 Å². The van der Waals surface area contributed by atoms with E-state index >= 15 is 0 Å². The summed E-state index contributed by atoms with van der Waals surface area (Å²) in [7, 11) is 1.91. The van der Waals surface area contributed by atoms with Crippen LogP contribution in [0.2, 0.25) is 0 Å². The number of hydrogen-bond acceptors (Lipinski definition) is 6. The number of benzene rings is 1. The maximum absolute atomic E-state index is 13.4. The Balaban J connectivity index is 1.45. The molecule has 5 rings (SSSR count). The number of pyridine rings is 1. The second-order valence-electron chi connectivity index (χ2n) is 7.92. The van der Waals surface area contributed by atoms with Crippen molar-refractivity contribution in [3.63, 3.8) is 0 Å². The lowest BCUT2D eigenvalue weighted by atomic mass is 10.1. The third-order valence-electron chi connectivity index (χ3n) is 5.70. The van der Waals surface area contributed by atoms with E-state index < -0.39 is 0 Å². The molecule has 2 atom stereocenters. The lowest BCUT2D eigenvalue weighted by Gasteiger charge is -2.31. The van der Waals surface area contributed by atoms with E-state index in [-0.39, 0.29) is 17.9 Å². The van der Waals surface area contributed by atoms with Crippen molar-refractivity contribution in [1.29, 1.82) is 0 Å². The van der Waals surface area contributed by atoms with Crippen molar-refractivity contribution in [2.75, 3.05) is 37.7 Å². The number of fused-ring (bicyclic) bond motifs is 4. The van der Waals surface area contributed by atoms with Crippen LogP contribution in [0.3, 0.4) is 0 Å². The number of anilines is 1. The molecule has 2 aliphatic rings. The molecule has 0 saturated carbocycles. The molecular weight excluding hydrogens is 368 g/mol. The highest BCUT2D eigenvalue weighted by molar-refractivity contribution is 5.97. The minimum Gasteiger partial charge on any atom is -0.379 e. The zero-order chi connectivity index (χ0) is 20.0. The first kappa shape index (κ1) is 18.1. The molecule has 0 radical (unpaired) electrons. The van der Waals surface area contributed by atoms with E-state index in [1.54, 1.807) is 6.20 Å². The van der Waals surface area contributed by atoms with Crippen molar-refractivity contribution in [2.24, 2.45) is 13.0 Å². The summed E-state index contributed by atoms with van der Waals surface area (Å²) in [5.74, 6) is 1.83. The largest absolute Gasteiger partial charge is 0.379 e. The SMILES string of the molecule is Cc1nc(N2C[C@@H]3COC[C@H](C2)N(C(=O)c2cnc4ccccc4c2)C3)n(C)n1. The molecule has 8 heteroatoms. The van der Waals surface area contributed by atoms with Crippen LogP contribution in [-0.2, 0) is 11.8 Å². The topological polar surface area (TPSA) is 76.4 Å². The first-order valence-electron chi connectivity index (χ1n) is 9.94. The number of aromatic nitrogens is 4. The fraction of sp³-hybridized carbons (Fsp3) is 0.429. The fourth-order valence-electron chi connectivity index (χ4n) is 4.39. The molecule has 4 heterocycles. The van der Waals surface area contributed by atoms with Gasteiger partial charge in [-0.1, -0.05) is 18.2 Å². The Morgan fingerprint density at radius 1 is 1.17 bits per heavy atom. The summed E-state index contributed by atoms with van der Waals surface area (Å²) in [4.78, 5) is 26.7. The van der Waals surface area contributed by atoms with Crippen molar-refractivity contribution >= 4 is 22.8 Å². The minimum absolute atomic E-state index is 0.0137. The van der Waals surface area contributed by atoms with E-state index in [1.807, 2.05) is 53.9 Å². The van der Waals surface area contributed by atoms with Crippen LogP contribution in [0.1, 0.15) is 16.2 Å². The van der Waals surface area contributed by atoms with Gasteiger partial charge in [-0.05, 0) is 19.1 Å². The highest BCUT2D eigenvalue weighted by atomic mass is 16.5. The summed E-state index contributed by atoms with van der Waals surface area (Å²) in [5.41, 5.74) is 1.52. The van der Waals surface area contributed by atoms with Crippen LogP contribution < -0.4 is 4.90 Å². The zero-order valence-electron chi connectivity index (χ0n) is 16.7. The summed E-state index contributed by atoms with van der Waals surface area (Å²) >= 11 is 0. The van der Waals surface area contributed by atoms with E-state index in [0.29, 0.717) is 31.9 Å². The van der Waals surface area contributed by atoms with Crippen molar-refractivity contribution in [1.82, 2.24) is 24.6 Å². The van der Waals surface area contributed by atoms with Crippen LogP contribution >= 0.6 is 0 Å². The van der Waals surface area contributed by atoms with Crippen LogP contribution in [0.25, 0.3) is 10.9 Å². The van der Waals surface area contributed by atoms with Gasteiger partial charge in [0.25, 0.3) is 5.91 Å². The Kier molecular flexibility index (Phi) is 4.43. The molecule has 8 nitrogen and oxygen atoms in total. The zero-order valence-corrected chi connectivity index (χ0v) is 16.7. The second-order valence-corrected chi connectivity index (χ2v) is 7.92. The molecule has 3 aromatic rings. The molecule has 2 fully saturated rings. The first-order chi connectivity index (χ1) is 14.1. The number of hydrogen-bond donors (Lipinski definition) is 0. The van der Waals surface area contributed by atoms with Gasteiger partial charge in [0.1, 0.15) is 5.82 Å². The molecule has 2 aliphatic heterocycles. The Labute approximate surface area is 169 Å². The third-order valence-corrected chi connectivity index (χ3v) is 5.70. The normalized spacial score (nSPS) is 22.0. The minimum atomic E-state index is -0.0431. The molecule has 1 aromatic carbocycles. The number of carbonyl (C=O) groups is 1. The van der Waals surface area contributed by atoms with E-state index in [1.165, 1.54) is 0 Å². The fourth-order valence-corrected chi connectivity index (χ4v) is 4.39.